The van der Waals surface area contributed by atoms with E-state index in [1.807, 2.05) is 0 Å². The third kappa shape index (κ3) is 3.93. The normalized spacial score (nSPS) is 13.9. The SMILES string of the molecule is C(=C1CCCCC1)c1ccc(N(c2ccccc2)c2c3ccccc3c3c4cccc5cccc(c6cccc2c63)c54)cc1. The molecule has 210 valence electrons. The number of nitrogens with zero attached hydrogens (tertiary/aromatic N) is 1. The average molecular weight is 564 g/mol. The highest BCUT2D eigenvalue weighted by atomic mass is 15.1. The van der Waals surface area contributed by atoms with Gasteiger partial charge in [-0.05, 0) is 93.2 Å². The van der Waals surface area contributed by atoms with Crippen molar-refractivity contribution in [2.75, 3.05) is 4.90 Å². The molecule has 0 heterocycles. The predicted octanol–water partition coefficient (Wildman–Crippen LogP) is 12.7. The molecule has 8 aromatic carbocycles. The van der Waals surface area contributed by atoms with Gasteiger partial charge >= 0.3 is 0 Å². The summed E-state index contributed by atoms with van der Waals surface area (Å²) in [5.74, 6) is 0. The number of allylic oxidation sites excluding steroid dienone is 1. The molecular formula is C43H33N. The molecule has 1 nitrogen and oxygen atoms in total. The summed E-state index contributed by atoms with van der Waals surface area (Å²) in [6, 6.07) is 49.5. The van der Waals surface area contributed by atoms with Gasteiger partial charge < -0.3 is 4.90 Å². The van der Waals surface area contributed by atoms with Crippen LogP contribution in [0.3, 0.4) is 0 Å². The Morgan fingerprint density at radius 1 is 0.409 bits per heavy atom. The highest BCUT2D eigenvalue weighted by Crippen LogP contribution is 2.50. The van der Waals surface area contributed by atoms with Crippen LogP contribution in [0.1, 0.15) is 37.7 Å². The zero-order chi connectivity index (χ0) is 29.0. The molecule has 0 spiro atoms. The molecule has 0 aromatic heterocycles. The number of fused-ring (bicyclic) bond motifs is 4. The zero-order valence-corrected chi connectivity index (χ0v) is 24.8. The van der Waals surface area contributed by atoms with Gasteiger partial charge in [-0.3, -0.25) is 0 Å². The largest absolute Gasteiger partial charge is 0.309 e. The van der Waals surface area contributed by atoms with Gasteiger partial charge in [-0.1, -0.05) is 127 Å². The lowest BCUT2D eigenvalue weighted by Gasteiger charge is -2.30. The molecule has 0 unspecified atom stereocenters. The van der Waals surface area contributed by atoms with E-state index in [1.54, 1.807) is 5.57 Å². The van der Waals surface area contributed by atoms with Gasteiger partial charge in [0, 0.05) is 27.5 Å². The second-order valence-corrected chi connectivity index (χ2v) is 12.3. The molecule has 0 radical (unpaired) electrons. The highest BCUT2D eigenvalue weighted by molar-refractivity contribution is 6.40. The maximum absolute atomic E-state index is 2.48. The molecule has 1 saturated carbocycles. The summed E-state index contributed by atoms with van der Waals surface area (Å²) < 4.78 is 0. The van der Waals surface area contributed by atoms with Gasteiger partial charge in [-0.2, -0.15) is 0 Å². The van der Waals surface area contributed by atoms with Gasteiger partial charge in [0.25, 0.3) is 0 Å². The molecule has 0 amide bonds. The van der Waals surface area contributed by atoms with E-state index in [-0.39, 0.29) is 0 Å². The van der Waals surface area contributed by atoms with Crippen LogP contribution in [0.2, 0.25) is 0 Å². The second kappa shape index (κ2) is 10.2. The quantitative estimate of drug-likeness (QED) is 0.152. The van der Waals surface area contributed by atoms with Crippen LogP contribution in [0.5, 0.6) is 0 Å². The molecule has 0 bridgehead atoms. The smallest absolute Gasteiger partial charge is 0.0619 e. The minimum absolute atomic E-state index is 1.16. The summed E-state index contributed by atoms with van der Waals surface area (Å²) in [6.45, 7) is 0. The number of benzene rings is 8. The van der Waals surface area contributed by atoms with Crippen molar-refractivity contribution in [1.29, 1.82) is 0 Å². The summed E-state index contributed by atoms with van der Waals surface area (Å²) in [7, 11) is 0. The monoisotopic (exact) mass is 563 g/mol. The number of anilines is 3. The molecule has 44 heavy (non-hydrogen) atoms. The van der Waals surface area contributed by atoms with E-state index in [2.05, 4.69) is 144 Å². The van der Waals surface area contributed by atoms with Gasteiger partial charge in [-0.15, -0.1) is 0 Å². The lowest BCUT2D eigenvalue weighted by molar-refractivity contribution is 0.602. The van der Waals surface area contributed by atoms with Crippen LogP contribution in [0.4, 0.5) is 17.1 Å². The lowest BCUT2D eigenvalue weighted by atomic mass is 9.86. The fourth-order valence-electron chi connectivity index (χ4n) is 7.82. The van der Waals surface area contributed by atoms with Crippen LogP contribution < -0.4 is 4.90 Å². The zero-order valence-electron chi connectivity index (χ0n) is 24.8. The standard InChI is InChI=1S/C43H33N/c1-3-12-29(13-4-1)28-30-24-26-33(27-25-30)44(32-16-5-2-6-17-32)43-37-19-8-7-18-36(37)41-38-22-10-15-31-14-9-20-34(40(31)38)35-21-11-23-39(43)42(35)41/h2,5-11,14-28H,1,3-4,12-13H2. The minimum atomic E-state index is 1.16. The van der Waals surface area contributed by atoms with Crippen molar-refractivity contribution in [1.82, 2.24) is 0 Å². The number of hydrogen-bond acceptors (Lipinski definition) is 1. The van der Waals surface area contributed by atoms with Crippen molar-refractivity contribution in [2.45, 2.75) is 32.1 Å². The maximum Gasteiger partial charge on any atom is 0.0619 e. The van der Waals surface area contributed by atoms with Gasteiger partial charge in [0.05, 0.1) is 5.69 Å². The molecule has 1 fully saturated rings. The molecular weight excluding hydrogens is 530 g/mol. The molecule has 0 N–H and O–H groups in total. The van der Waals surface area contributed by atoms with Gasteiger partial charge in [-0.25, -0.2) is 0 Å². The topological polar surface area (TPSA) is 3.24 Å². The van der Waals surface area contributed by atoms with Crippen LogP contribution >= 0.6 is 0 Å². The first-order valence-corrected chi connectivity index (χ1v) is 16.0. The van der Waals surface area contributed by atoms with Crippen LogP contribution in [0, 0.1) is 0 Å². The van der Waals surface area contributed by atoms with Crippen molar-refractivity contribution >= 4 is 77.0 Å². The van der Waals surface area contributed by atoms with Gasteiger partial charge in [0.1, 0.15) is 0 Å². The average Bonchev–Trinajstić information content (AvgIpc) is 3.09. The Morgan fingerprint density at radius 3 is 1.73 bits per heavy atom. The molecule has 0 aliphatic heterocycles. The first-order chi connectivity index (χ1) is 21.8. The van der Waals surface area contributed by atoms with Crippen molar-refractivity contribution in [2.24, 2.45) is 0 Å². The van der Waals surface area contributed by atoms with E-state index in [4.69, 9.17) is 0 Å². The first-order valence-electron chi connectivity index (χ1n) is 16.0. The molecule has 0 saturated heterocycles. The van der Waals surface area contributed by atoms with Crippen molar-refractivity contribution in [3.63, 3.8) is 0 Å². The molecule has 0 atom stereocenters. The van der Waals surface area contributed by atoms with Crippen molar-refractivity contribution < 1.29 is 0 Å². The Balaban J connectivity index is 1.37. The fraction of sp³-hybridized carbons (Fsp3) is 0.116. The summed E-state index contributed by atoms with van der Waals surface area (Å²) in [5, 5.41) is 13.1. The Morgan fingerprint density at radius 2 is 0.955 bits per heavy atom. The molecule has 9 rings (SSSR count). The summed E-state index contributed by atoms with van der Waals surface area (Å²) in [6.07, 6.45) is 8.91. The van der Waals surface area contributed by atoms with E-state index in [0.717, 1.165) is 5.69 Å². The number of para-hydroxylation sites is 1. The van der Waals surface area contributed by atoms with Crippen LogP contribution in [0.15, 0.2) is 139 Å². The Bertz CT molecular complexity index is 2330. The summed E-state index contributed by atoms with van der Waals surface area (Å²) in [5.41, 5.74) is 6.46. The van der Waals surface area contributed by atoms with Crippen LogP contribution in [-0.2, 0) is 0 Å². The Kier molecular flexibility index (Phi) is 5.91. The van der Waals surface area contributed by atoms with E-state index in [1.165, 1.54) is 103 Å². The van der Waals surface area contributed by atoms with Gasteiger partial charge in [0.2, 0.25) is 0 Å². The molecule has 1 aliphatic carbocycles. The van der Waals surface area contributed by atoms with E-state index < -0.39 is 0 Å². The van der Waals surface area contributed by atoms with E-state index in [9.17, 15) is 0 Å². The van der Waals surface area contributed by atoms with Crippen LogP contribution in [0.25, 0.3) is 59.9 Å². The molecule has 1 heteroatoms. The molecule has 1 aliphatic rings. The van der Waals surface area contributed by atoms with Crippen molar-refractivity contribution in [3.8, 4) is 0 Å². The summed E-state index contributed by atoms with van der Waals surface area (Å²) in [4.78, 5) is 2.48. The third-order valence-electron chi connectivity index (χ3n) is 9.74. The minimum Gasteiger partial charge on any atom is -0.309 e. The van der Waals surface area contributed by atoms with Crippen LogP contribution in [-0.4, -0.2) is 0 Å². The lowest BCUT2D eigenvalue weighted by Crippen LogP contribution is -2.11. The molecule has 8 aromatic rings. The Labute approximate surface area is 258 Å². The van der Waals surface area contributed by atoms with E-state index in [0.29, 0.717) is 0 Å². The number of hydrogen-bond donors (Lipinski definition) is 0. The Hall–Kier alpha value is -5.14. The summed E-state index contributed by atoms with van der Waals surface area (Å²) >= 11 is 0. The van der Waals surface area contributed by atoms with Gasteiger partial charge in [0.15, 0.2) is 0 Å². The predicted molar refractivity (Wildman–Crippen MR) is 191 cm³/mol. The van der Waals surface area contributed by atoms with E-state index >= 15 is 0 Å². The number of rotatable bonds is 4. The second-order valence-electron chi connectivity index (χ2n) is 12.3. The van der Waals surface area contributed by atoms with Crippen molar-refractivity contribution in [3.05, 3.63) is 145 Å². The fourth-order valence-corrected chi connectivity index (χ4v) is 7.82. The third-order valence-corrected chi connectivity index (χ3v) is 9.74. The highest BCUT2D eigenvalue weighted by Gasteiger charge is 2.23. The first kappa shape index (κ1) is 25.4. The maximum atomic E-state index is 2.48.